The lowest BCUT2D eigenvalue weighted by atomic mass is 9.83. The first-order valence-corrected chi connectivity index (χ1v) is 8.70. The molecular formula is C11H24N2O2Si. The van der Waals surface area contributed by atoms with Gasteiger partial charge in [0.15, 0.2) is 9.04 Å². The monoisotopic (exact) mass is 244 g/mol. The minimum absolute atomic E-state index is 0.00150. The van der Waals surface area contributed by atoms with Crippen LogP contribution in [0.15, 0.2) is 0 Å². The summed E-state index contributed by atoms with van der Waals surface area (Å²) in [6.07, 6.45) is 0.996. The molecular weight excluding hydrogens is 220 g/mol. The van der Waals surface area contributed by atoms with Gasteiger partial charge in [0.25, 0.3) is 0 Å². The fraction of sp³-hybridized carbons (Fsp3) is 0.909. The van der Waals surface area contributed by atoms with Crippen molar-refractivity contribution in [2.45, 2.75) is 58.5 Å². The fourth-order valence-electron chi connectivity index (χ4n) is 1.95. The molecule has 16 heavy (non-hydrogen) atoms. The molecule has 0 aromatic heterocycles. The molecule has 1 heterocycles. The van der Waals surface area contributed by atoms with E-state index in [-0.39, 0.29) is 29.5 Å². The molecule has 1 unspecified atom stereocenters. The third kappa shape index (κ3) is 3.57. The molecule has 0 bridgehead atoms. The second-order valence-electron chi connectivity index (χ2n) is 6.05. The van der Waals surface area contributed by atoms with E-state index in [1.54, 1.807) is 0 Å². The highest BCUT2D eigenvalue weighted by molar-refractivity contribution is 6.48. The summed E-state index contributed by atoms with van der Waals surface area (Å²) in [5.74, 6) is -0.0575. The van der Waals surface area contributed by atoms with Crippen LogP contribution in [-0.2, 0) is 9.22 Å². The molecule has 1 aliphatic heterocycles. The second-order valence-corrected chi connectivity index (χ2v) is 8.42. The summed E-state index contributed by atoms with van der Waals surface area (Å²) in [5.41, 5.74) is 5.97. The Kier molecular flexibility index (Phi) is 4.15. The highest BCUT2D eigenvalue weighted by atomic mass is 28.3. The van der Waals surface area contributed by atoms with Gasteiger partial charge in [-0.15, -0.1) is 0 Å². The molecule has 1 aliphatic rings. The molecule has 1 amide bonds. The molecule has 3 N–H and O–H groups in total. The highest BCUT2D eigenvalue weighted by Gasteiger charge is 2.43. The molecule has 1 fully saturated rings. The molecule has 0 aliphatic carbocycles. The van der Waals surface area contributed by atoms with Gasteiger partial charge in [0, 0.05) is 0 Å². The number of hydrogen-bond donors (Lipinski definition) is 2. The van der Waals surface area contributed by atoms with Crippen LogP contribution in [0.2, 0.25) is 13.1 Å². The number of β-lactam (4-membered cyclic amide) rings is 1. The van der Waals surface area contributed by atoms with E-state index in [0.717, 1.165) is 6.42 Å². The van der Waals surface area contributed by atoms with Crippen LogP contribution in [0.25, 0.3) is 0 Å². The van der Waals surface area contributed by atoms with Crippen molar-refractivity contribution >= 4 is 14.9 Å². The molecule has 0 spiro atoms. The van der Waals surface area contributed by atoms with Crippen LogP contribution in [0.1, 0.15) is 27.2 Å². The topological polar surface area (TPSA) is 64.3 Å². The van der Waals surface area contributed by atoms with Crippen molar-refractivity contribution in [3.63, 3.8) is 0 Å². The summed E-state index contributed by atoms with van der Waals surface area (Å²) in [6.45, 7) is 10.8. The Balaban J connectivity index is 2.61. The van der Waals surface area contributed by atoms with E-state index in [2.05, 4.69) is 39.2 Å². The minimum atomic E-state index is -1.11. The summed E-state index contributed by atoms with van der Waals surface area (Å²) in [5, 5.41) is 2.85. The number of rotatable bonds is 4. The minimum Gasteiger partial charge on any atom is -0.416 e. The van der Waals surface area contributed by atoms with Crippen LogP contribution in [0, 0.1) is 5.41 Å². The standard InChI is InChI=1S/C11H24N2O2Si/c1-11(2,3)6-7(15-16(4)5)9-8(12)10(14)13-9/h7-9,16H,6,12H2,1-5H3,(H,13,14)/t7?,8-,9+/m0/s1. The van der Waals surface area contributed by atoms with Crippen molar-refractivity contribution in [2.75, 3.05) is 0 Å². The maximum Gasteiger partial charge on any atom is 0.239 e. The van der Waals surface area contributed by atoms with E-state index in [1.807, 2.05) is 0 Å². The van der Waals surface area contributed by atoms with Crippen LogP contribution in [0.3, 0.4) is 0 Å². The van der Waals surface area contributed by atoms with Crippen molar-refractivity contribution in [1.29, 1.82) is 0 Å². The average Bonchev–Trinajstić information content (AvgIpc) is 2.09. The zero-order valence-corrected chi connectivity index (χ0v) is 12.1. The molecule has 94 valence electrons. The van der Waals surface area contributed by atoms with E-state index in [4.69, 9.17) is 10.2 Å². The lowest BCUT2D eigenvalue weighted by molar-refractivity contribution is -0.133. The average molecular weight is 244 g/mol. The van der Waals surface area contributed by atoms with Crippen LogP contribution in [-0.4, -0.2) is 33.1 Å². The van der Waals surface area contributed by atoms with Crippen LogP contribution < -0.4 is 11.1 Å². The van der Waals surface area contributed by atoms with E-state index in [0.29, 0.717) is 0 Å². The molecule has 1 saturated heterocycles. The third-order valence-electron chi connectivity index (χ3n) is 2.66. The second kappa shape index (κ2) is 4.85. The van der Waals surface area contributed by atoms with Gasteiger partial charge >= 0.3 is 0 Å². The maximum atomic E-state index is 11.1. The largest absolute Gasteiger partial charge is 0.416 e. The SMILES string of the molecule is C[SiH](C)OC(CC(C)(C)C)[C@H]1NC(=O)[C@H]1N. The van der Waals surface area contributed by atoms with Crippen LogP contribution >= 0.6 is 0 Å². The van der Waals surface area contributed by atoms with E-state index < -0.39 is 9.04 Å². The lowest BCUT2D eigenvalue weighted by Gasteiger charge is -2.42. The summed E-state index contributed by atoms with van der Waals surface area (Å²) in [4.78, 5) is 11.1. The molecule has 0 aromatic carbocycles. The number of nitrogens with two attached hydrogens (primary N) is 1. The number of hydrogen-bond acceptors (Lipinski definition) is 3. The van der Waals surface area contributed by atoms with Crippen molar-refractivity contribution in [2.24, 2.45) is 11.1 Å². The van der Waals surface area contributed by atoms with Gasteiger partial charge in [-0.05, 0) is 24.9 Å². The third-order valence-corrected chi connectivity index (χ3v) is 3.55. The first-order valence-electron chi connectivity index (χ1n) is 5.92. The summed E-state index contributed by atoms with van der Waals surface area (Å²) < 4.78 is 5.99. The van der Waals surface area contributed by atoms with Gasteiger partial charge in [-0.2, -0.15) is 0 Å². The maximum absolute atomic E-state index is 11.1. The predicted molar refractivity (Wildman–Crippen MR) is 67.7 cm³/mol. The first kappa shape index (κ1) is 13.7. The van der Waals surface area contributed by atoms with Crippen LogP contribution in [0.5, 0.6) is 0 Å². The van der Waals surface area contributed by atoms with Crippen molar-refractivity contribution in [3.8, 4) is 0 Å². The quantitative estimate of drug-likeness (QED) is 0.563. The van der Waals surface area contributed by atoms with Gasteiger partial charge in [0.1, 0.15) is 6.04 Å². The Bertz CT molecular complexity index is 263. The number of amides is 1. The van der Waals surface area contributed by atoms with Crippen molar-refractivity contribution in [1.82, 2.24) is 5.32 Å². The lowest BCUT2D eigenvalue weighted by Crippen LogP contribution is -2.71. The zero-order chi connectivity index (χ0) is 12.5. The van der Waals surface area contributed by atoms with Gasteiger partial charge < -0.3 is 15.5 Å². The molecule has 1 rings (SSSR count). The Morgan fingerprint density at radius 2 is 2.06 bits per heavy atom. The van der Waals surface area contributed by atoms with Crippen molar-refractivity contribution in [3.05, 3.63) is 0 Å². The molecule has 0 aromatic rings. The Labute approximate surface area is 99.6 Å². The van der Waals surface area contributed by atoms with Gasteiger partial charge in [-0.3, -0.25) is 4.79 Å². The van der Waals surface area contributed by atoms with Crippen LogP contribution in [0.4, 0.5) is 0 Å². The van der Waals surface area contributed by atoms with Gasteiger partial charge in [-0.1, -0.05) is 20.8 Å². The number of carbonyl (C=O) groups is 1. The Morgan fingerprint density at radius 3 is 2.38 bits per heavy atom. The normalized spacial score (nSPS) is 27.6. The van der Waals surface area contributed by atoms with Gasteiger partial charge in [-0.25, -0.2) is 0 Å². The molecule has 4 nitrogen and oxygen atoms in total. The smallest absolute Gasteiger partial charge is 0.239 e. The van der Waals surface area contributed by atoms with E-state index in [1.165, 1.54) is 0 Å². The molecule has 3 atom stereocenters. The Hall–Kier alpha value is -0.393. The first-order chi connectivity index (χ1) is 7.20. The zero-order valence-electron chi connectivity index (χ0n) is 10.9. The molecule has 5 heteroatoms. The summed E-state index contributed by atoms with van der Waals surface area (Å²) >= 11 is 0. The molecule has 0 saturated carbocycles. The predicted octanol–water partition coefficient (Wildman–Crippen LogP) is 0.617. The fourth-order valence-corrected chi connectivity index (χ4v) is 2.92. The van der Waals surface area contributed by atoms with Gasteiger partial charge in [0.05, 0.1) is 12.1 Å². The summed E-state index contributed by atoms with van der Waals surface area (Å²) in [6, 6.07) is -0.387. The number of nitrogens with one attached hydrogen (secondary N) is 1. The van der Waals surface area contributed by atoms with Crippen molar-refractivity contribution < 1.29 is 9.22 Å². The number of carbonyl (C=O) groups excluding carboxylic acids is 1. The van der Waals surface area contributed by atoms with Gasteiger partial charge in [0.2, 0.25) is 5.91 Å². The Morgan fingerprint density at radius 1 is 1.50 bits per heavy atom. The van der Waals surface area contributed by atoms with E-state index >= 15 is 0 Å². The molecule has 0 radical (unpaired) electrons. The highest BCUT2D eigenvalue weighted by Crippen LogP contribution is 2.27. The van der Waals surface area contributed by atoms with E-state index in [9.17, 15) is 4.79 Å². The summed E-state index contributed by atoms with van der Waals surface area (Å²) in [7, 11) is -1.11.